The molecule has 2 aliphatic heterocycles. The lowest BCUT2D eigenvalue weighted by molar-refractivity contribution is -0.140. The minimum absolute atomic E-state index is 0. The van der Waals surface area contributed by atoms with Crippen LogP contribution in [0.4, 0.5) is 0 Å². The van der Waals surface area contributed by atoms with Crippen LogP contribution >= 0.6 is 12.4 Å². The Morgan fingerprint density at radius 3 is 2.65 bits per heavy atom. The molecule has 26 heavy (non-hydrogen) atoms. The fourth-order valence-corrected chi connectivity index (χ4v) is 3.76. The van der Waals surface area contributed by atoms with Gasteiger partial charge in [-0.2, -0.15) is 0 Å². The van der Waals surface area contributed by atoms with E-state index in [-0.39, 0.29) is 24.2 Å². The molecule has 0 radical (unpaired) electrons. The van der Waals surface area contributed by atoms with E-state index in [2.05, 4.69) is 10.6 Å². The Balaban J connectivity index is 0.00000243. The van der Waals surface area contributed by atoms with Crippen LogP contribution in [0, 0.1) is 5.41 Å². The normalized spacial score (nSPS) is 22.0. The summed E-state index contributed by atoms with van der Waals surface area (Å²) >= 11 is 0. The standard InChI is InChI=1S/C19H27N3O3.ClH/c1-25-14-19(8-10-20-11-9-19)18(24)21-16-7-12-22(17(16)23)13-15-5-3-2-4-6-15;/h2-6,16,20H,7-14H2,1H3,(H,21,24);1H. The maximum absolute atomic E-state index is 12.9. The van der Waals surface area contributed by atoms with E-state index in [9.17, 15) is 9.59 Å². The van der Waals surface area contributed by atoms with Gasteiger partial charge in [-0.25, -0.2) is 0 Å². The summed E-state index contributed by atoms with van der Waals surface area (Å²) in [4.78, 5) is 27.4. The highest BCUT2D eigenvalue weighted by atomic mass is 35.5. The first-order valence-corrected chi connectivity index (χ1v) is 8.98. The van der Waals surface area contributed by atoms with Gasteiger partial charge in [0, 0.05) is 20.2 Å². The number of nitrogens with one attached hydrogen (secondary N) is 2. The number of hydrogen-bond acceptors (Lipinski definition) is 4. The summed E-state index contributed by atoms with van der Waals surface area (Å²) in [5.74, 6) is -0.0329. The first-order valence-electron chi connectivity index (χ1n) is 8.98. The van der Waals surface area contributed by atoms with Crippen molar-refractivity contribution in [1.82, 2.24) is 15.5 Å². The van der Waals surface area contributed by atoms with Gasteiger partial charge in [-0.1, -0.05) is 30.3 Å². The molecule has 0 saturated carbocycles. The summed E-state index contributed by atoms with van der Waals surface area (Å²) in [7, 11) is 1.62. The van der Waals surface area contributed by atoms with E-state index >= 15 is 0 Å². The number of methoxy groups -OCH3 is 1. The monoisotopic (exact) mass is 381 g/mol. The van der Waals surface area contributed by atoms with E-state index in [0.717, 1.165) is 31.5 Å². The average molecular weight is 382 g/mol. The van der Waals surface area contributed by atoms with Crippen LogP contribution < -0.4 is 10.6 Å². The number of carbonyl (C=O) groups excluding carboxylic acids is 2. The molecular formula is C19H28ClN3O3. The van der Waals surface area contributed by atoms with Crippen molar-refractivity contribution >= 4 is 24.2 Å². The average Bonchev–Trinajstić information content (AvgIpc) is 2.97. The number of amides is 2. The second-order valence-electron chi connectivity index (χ2n) is 7.02. The van der Waals surface area contributed by atoms with Crippen molar-refractivity contribution in [2.75, 3.05) is 33.4 Å². The van der Waals surface area contributed by atoms with Gasteiger partial charge >= 0.3 is 0 Å². The minimum atomic E-state index is -0.521. The van der Waals surface area contributed by atoms with Crippen molar-refractivity contribution in [3.05, 3.63) is 35.9 Å². The molecule has 1 aromatic rings. The molecule has 6 nitrogen and oxygen atoms in total. The Kier molecular flexibility index (Phi) is 7.43. The smallest absolute Gasteiger partial charge is 0.245 e. The van der Waals surface area contributed by atoms with E-state index < -0.39 is 11.5 Å². The molecule has 2 aliphatic rings. The van der Waals surface area contributed by atoms with Crippen LogP contribution in [0.15, 0.2) is 30.3 Å². The fraction of sp³-hybridized carbons (Fsp3) is 0.579. The van der Waals surface area contributed by atoms with Crippen molar-refractivity contribution in [3.63, 3.8) is 0 Å². The Morgan fingerprint density at radius 2 is 2.00 bits per heavy atom. The zero-order chi connectivity index (χ0) is 17.7. The van der Waals surface area contributed by atoms with Crippen molar-refractivity contribution in [3.8, 4) is 0 Å². The third-order valence-electron chi connectivity index (χ3n) is 5.28. The van der Waals surface area contributed by atoms with Crippen molar-refractivity contribution in [2.45, 2.75) is 31.8 Å². The molecular weight excluding hydrogens is 354 g/mol. The van der Waals surface area contributed by atoms with E-state index in [0.29, 0.717) is 26.1 Å². The summed E-state index contributed by atoms with van der Waals surface area (Å²) in [6.07, 6.45) is 2.14. The lowest BCUT2D eigenvalue weighted by Gasteiger charge is -2.36. The van der Waals surface area contributed by atoms with Gasteiger partial charge in [0.05, 0.1) is 12.0 Å². The molecule has 2 heterocycles. The van der Waals surface area contributed by atoms with Gasteiger partial charge in [-0.3, -0.25) is 9.59 Å². The molecule has 0 bridgehead atoms. The second-order valence-corrected chi connectivity index (χ2v) is 7.02. The fourth-order valence-electron chi connectivity index (χ4n) is 3.76. The van der Waals surface area contributed by atoms with Gasteiger partial charge in [-0.15, -0.1) is 12.4 Å². The number of halogens is 1. The molecule has 3 rings (SSSR count). The van der Waals surface area contributed by atoms with Crippen molar-refractivity contribution in [2.24, 2.45) is 5.41 Å². The van der Waals surface area contributed by atoms with Gasteiger partial charge in [-0.05, 0) is 37.9 Å². The van der Waals surface area contributed by atoms with E-state index in [1.54, 1.807) is 7.11 Å². The van der Waals surface area contributed by atoms with E-state index in [1.807, 2.05) is 35.2 Å². The van der Waals surface area contributed by atoms with Gasteiger partial charge in [0.15, 0.2) is 0 Å². The molecule has 1 unspecified atom stereocenters. The highest BCUT2D eigenvalue weighted by Gasteiger charge is 2.42. The summed E-state index contributed by atoms with van der Waals surface area (Å²) in [5.41, 5.74) is 0.588. The number of benzene rings is 1. The largest absolute Gasteiger partial charge is 0.384 e. The van der Waals surface area contributed by atoms with Crippen LogP contribution in [-0.2, 0) is 20.9 Å². The maximum Gasteiger partial charge on any atom is 0.245 e. The highest BCUT2D eigenvalue weighted by Crippen LogP contribution is 2.30. The van der Waals surface area contributed by atoms with Crippen LogP contribution in [-0.4, -0.2) is 56.1 Å². The molecule has 1 atom stereocenters. The molecule has 0 spiro atoms. The van der Waals surface area contributed by atoms with Gasteiger partial charge in [0.2, 0.25) is 11.8 Å². The number of piperidine rings is 1. The second kappa shape index (κ2) is 9.35. The minimum Gasteiger partial charge on any atom is -0.384 e. The first-order chi connectivity index (χ1) is 12.1. The number of ether oxygens (including phenoxy) is 1. The third kappa shape index (κ3) is 4.55. The molecule has 2 fully saturated rings. The molecule has 0 aromatic heterocycles. The molecule has 0 aliphatic carbocycles. The molecule has 2 N–H and O–H groups in total. The predicted octanol–water partition coefficient (Wildman–Crippen LogP) is 1.34. The topological polar surface area (TPSA) is 70.7 Å². The number of carbonyl (C=O) groups is 2. The molecule has 7 heteroatoms. The molecule has 1 aromatic carbocycles. The highest BCUT2D eigenvalue weighted by molar-refractivity contribution is 5.91. The lowest BCUT2D eigenvalue weighted by atomic mass is 9.78. The number of likely N-dealkylation sites (tertiary alicyclic amines) is 1. The quantitative estimate of drug-likeness (QED) is 0.780. The van der Waals surface area contributed by atoms with Gasteiger partial charge in [0.1, 0.15) is 6.04 Å². The Hall–Kier alpha value is -1.63. The van der Waals surface area contributed by atoms with Crippen LogP contribution in [0.25, 0.3) is 0 Å². The summed E-state index contributed by atoms with van der Waals surface area (Å²) < 4.78 is 5.31. The van der Waals surface area contributed by atoms with Crippen LogP contribution in [0.2, 0.25) is 0 Å². The maximum atomic E-state index is 12.9. The number of rotatable bonds is 6. The van der Waals surface area contributed by atoms with Crippen molar-refractivity contribution in [1.29, 1.82) is 0 Å². The van der Waals surface area contributed by atoms with Crippen LogP contribution in [0.3, 0.4) is 0 Å². The Labute approximate surface area is 161 Å². The van der Waals surface area contributed by atoms with Gasteiger partial charge in [0.25, 0.3) is 0 Å². The summed E-state index contributed by atoms with van der Waals surface area (Å²) in [5, 5.41) is 6.28. The zero-order valence-electron chi connectivity index (χ0n) is 15.2. The molecule has 2 saturated heterocycles. The van der Waals surface area contributed by atoms with Crippen LogP contribution in [0.5, 0.6) is 0 Å². The van der Waals surface area contributed by atoms with E-state index in [4.69, 9.17) is 4.74 Å². The summed E-state index contributed by atoms with van der Waals surface area (Å²) in [6.45, 7) is 3.27. The number of hydrogen-bond donors (Lipinski definition) is 2. The van der Waals surface area contributed by atoms with Gasteiger partial charge < -0.3 is 20.3 Å². The van der Waals surface area contributed by atoms with Crippen LogP contribution in [0.1, 0.15) is 24.8 Å². The van der Waals surface area contributed by atoms with E-state index in [1.165, 1.54) is 0 Å². The molecule has 144 valence electrons. The van der Waals surface area contributed by atoms with Crippen molar-refractivity contribution < 1.29 is 14.3 Å². The zero-order valence-corrected chi connectivity index (χ0v) is 16.0. The Morgan fingerprint density at radius 1 is 1.31 bits per heavy atom. The SMILES string of the molecule is COCC1(C(=O)NC2CCN(Cc3ccccc3)C2=O)CCNCC1.Cl. The lowest BCUT2D eigenvalue weighted by Crippen LogP contribution is -2.53. The first kappa shape index (κ1) is 20.7. The summed E-state index contributed by atoms with van der Waals surface area (Å²) in [6, 6.07) is 9.53. The number of nitrogens with zero attached hydrogens (tertiary/aromatic N) is 1. The molecule has 2 amide bonds. The third-order valence-corrected chi connectivity index (χ3v) is 5.28. The predicted molar refractivity (Wildman–Crippen MR) is 102 cm³/mol. The Bertz CT molecular complexity index is 600.